The van der Waals surface area contributed by atoms with Gasteiger partial charge in [-0.15, -0.1) is 0 Å². The second-order valence-electron chi connectivity index (χ2n) is 5.95. The molecule has 1 aromatic rings. The highest BCUT2D eigenvalue weighted by atomic mass is 16.5. The molecule has 4 heteroatoms. The number of hydrogen-bond donors (Lipinski definition) is 1. The Balaban J connectivity index is 1.68. The van der Waals surface area contributed by atoms with Crippen LogP contribution in [-0.4, -0.2) is 43.1 Å². The van der Waals surface area contributed by atoms with E-state index in [0.717, 1.165) is 25.3 Å². The molecule has 4 nitrogen and oxygen atoms in total. The molecule has 1 fully saturated rings. The highest BCUT2D eigenvalue weighted by Crippen LogP contribution is 2.16. The predicted molar refractivity (Wildman–Crippen MR) is 89.4 cm³/mol. The lowest BCUT2D eigenvalue weighted by Crippen LogP contribution is -2.39. The Morgan fingerprint density at radius 3 is 2.77 bits per heavy atom. The molecular formula is C18H28N2O2. The standard InChI is InChI=1S/C18H28N2O2/c1-3-22-17-10-8-16(9-11-17)18(21)19-12-6-14-20-13-5-4-7-15(20)2/h8-11,15H,3-7,12-14H2,1-2H3,(H,19,21). The largest absolute Gasteiger partial charge is 0.494 e. The lowest BCUT2D eigenvalue weighted by atomic mass is 10.0. The minimum absolute atomic E-state index is 0.00487. The Morgan fingerprint density at radius 1 is 1.32 bits per heavy atom. The van der Waals surface area contributed by atoms with E-state index in [1.54, 1.807) is 0 Å². The fourth-order valence-electron chi connectivity index (χ4n) is 2.95. The summed E-state index contributed by atoms with van der Waals surface area (Å²) in [6.07, 6.45) is 4.97. The molecule has 1 aromatic carbocycles. The van der Waals surface area contributed by atoms with Crippen molar-refractivity contribution in [2.45, 2.75) is 45.6 Å². The van der Waals surface area contributed by atoms with Crippen LogP contribution in [-0.2, 0) is 0 Å². The Morgan fingerprint density at radius 2 is 2.09 bits per heavy atom. The Hall–Kier alpha value is -1.55. The van der Waals surface area contributed by atoms with E-state index in [1.807, 2.05) is 31.2 Å². The maximum Gasteiger partial charge on any atom is 0.251 e. The van der Waals surface area contributed by atoms with E-state index in [2.05, 4.69) is 17.1 Å². The predicted octanol–water partition coefficient (Wildman–Crippen LogP) is 3.08. The maximum absolute atomic E-state index is 12.1. The van der Waals surface area contributed by atoms with Crippen LogP contribution >= 0.6 is 0 Å². The van der Waals surface area contributed by atoms with Gasteiger partial charge >= 0.3 is 0 Å². The normalized spacial score (nSPS) is 18.9. The van der Waals surface area contributed by atoms with E-state index in [1.165, 1.54) is 25.8 Å². The zero-order valence-electron chi connectivity index (χ0n) is 13.8. The van der Waals surface area contributed by atoms with Crippen molar-refractivity contribution in [1.82, 2.24) is 10.2 Å². The molecule has 22 heavy (non-hydrogen) atoms. The first-order valence-electron chi connectivity index (χ1n) is 8.46. The number of ether oxygens (including phenoxy) is 1. The van der Waals surface area contributed by atoms with Crippen LogP contribution < -0.4 is 10.1 Å². The van der Waals surface area contributed by atoms with E-state index in [-0.39, 0.29) is 5.91 Å². The Kier molecular flexibility index (Phi) is 6.72. The maximum atomic E-state index is 12.1. The molecule has 0 bridgehead atoms. The average molecular weight is 304 g/mol. The van der Waals surface area contributed by atoms with Crippen LogP contribution in [0.2, 0.25) is 0 Å². The monoisotopic (exact) mass is 304 g/mol. The van der Waals surface area contributed by atoms with E-state index in [9.17, 15) is 4.79 Å². The number of nitrogens with zero attached hydrogens (tertiary/aromatic N) is 1. The third kappa shape index (κ3) is 5.02. The molecular weight excluding hydrogens is 276 g/mol. The highest BCUT2D eigenvalue weighted by molar-refractivity contribution is 5.94. The molecule has 1 unspecified atom stereocenters. The molecule has 122 valence electrons. The number of rotatable bonds is 7. The number of benzene rings is 1. The van der Waals surface area contributed by atoms with Gasteiger partial charge in [0, 0.05) is 24.7 Å². The van der Waals surface area contributed by atoms with Gasteiger partial charge in [-0.05, 0) is 63.9 Å². The summed E-state index contributed by atoms with van der Waals surface area (Å²) in [6.45, 7) is 7.90. The van der Waals surface area contributed by atoms with Crippen molar-refractivity contribution >= 4 is 5.91 Å². The number of carbonyl (C=O) groups excluding carboxylic acids is 1. The Labute approximate surface area is 133 Å². The van der Waals surface area contributed by atoms with Crippen LogP contribution in [0.4, 0.5) is 0 Å². The van der Waals surface area contributed by atoms with Gasteiger partial charge in [-0.1, -0.05) is 6.42 Å². The van der Waals surface area contributed by atoms with Crippen LogP contribution in [0, 0.1) is 0 Å². The zero-order valence-corrected chi connectivity index (χ0v) is 13.8. The van der Waals surface area contributed by atoms with Crippen molar-refractivity contribution in [1.29, 1.82) is 0 Å². The van der Waals surface area contributed by atoms with Gasteiger partial charge in [0.05, 0.1) is 6.61 Å². The number of piperidine rings is 1. The molecule has 1 aliphatic rings. The third-order valence-corrected chi connectivity index (χ3v) is 4.28. The molecule has 1 heterocycles. The van der Waals surface area contributed by atoms with Crippen molar-refractivity contribution in [2.75, 3.05) is 26.2 Å². The molecule has 0 saturated carbocycles. The van der Waals surface area contributed by atoms with Crippen LogP contribution in [0.15, 0.2) is 24.3 Å². The van der Waals surface area contributed by atoms with Gasteiger partial charge in [-0.2, -0.15) is 0 Å². The molecule has 0 aliphatic carbocycles. The lowest BCUT2D eigenvalue weighted by Gasteiger charge is -2.33. The fraction of sp³-hybridized carbons (Fsp3) is 0.611. The van der Waals surface area contributed by atoms with Gasteiger partial charge in [0.25, 0.3) is 5.91 Å². The van der Waals surface area contributed by atoms with Crippen LogP contribution in [0.25, 0.3) is 0 Å². The van der Waals surface area contributed by atoms with Crippen molar-refractivity contribution in [2.24, 2.45) is 0 Å². The molecule has 0 spiro atoms. The van der Waals surface area contributed by atoms with E-state index in [4.69, 9.17) is 4.74 Å². The third-order valence-electron chi connectivity index (χ3n) is 4.28. The van der Waals surface area contributed by atoms with E-state index < -0.39 is 0 Å². The molecule has 1 atom stereocenters. The summed E-state index contributed by atoms with van der Waals surface area (Å²) >= 11 is 0. The van der Waals surface area contributed by atoms with Crippen LogP contribution in [0.5, 0.6) is 5.75 Å². The van der Waals surface area contributed by atoms with Gasteiger partial charge in [0.1, 0.15) is 5.75 Å². The summed E-state index contributed by atoms with van der Waals surface area (Å²) in [5.74, 6) is 0.799. The number of hydrogen-bond acceptors (Lipinski definition) is 3. The first-order valence-corrected chi connectivity index (χ1v) is 8.46. The number of likely N-dealkylation sites (tertiary alicyclic amines) is 1. The van der Waals surface area contributed by atoms with Crippen molar-refractivity contribution in [3.8, 4) is 5.75 Å². The minimum Gasteiger partial charge on any atom is -0.494 e. The molecule has 2 rings (SSSR count). The SMILES string of the molecule is CCOc1ccc(C(=O)NCCCN2CCCCC2C)cc1. The second-order valence-corrected chi connectivity index (χ2v) is 5.95. The first kappa shape index (κ1) is 16.8. The summed E-state index contributed by atoms with van der Waals surface area (Å²) in [5, 5.41) is 3.00. The number of amides is 1. The summed E-state index contributed by atoms with van der Waals surface area (Å²) < 4.78 is 5.38. The summed E-state index contributed by atoms with van der Waals surface area (Å²) in [7, 11) is 0. The van der Waals surface area contributed by atoms with Crippen molar-refractivity contribution < 1.29 is 9.53 Å². The molecule has 1 aliphatic heterocycles. The lowest BCUT2D eigenvalue weighted by molar-refractivity contribution is 0.0949. The summed E-state index contributed by atoms with van der Waals surface area (Å²) in [4.78, 5) is 14.6. The second kappa shape index (κ2) is 8.79. The van der Waals surface area contributed by atoms with Crippen LogP contribution in [0.1, 0.15) is 49.9 Å². The van der Waals surface area contributed by atoms with E-state index in [0.29, 0.717) is 18.2 Å². The van der Waals surface area contributed by atoms with Gasteiger partial charge in [0.15, 0.2) is 0 Å². The molecule has 1 amide bonds. The zero-order chi connectivity index (χ0) is 15.8. The van der Waals surface area contributed by atoms with E-state index >= 15 is 0 Å². The highest BCUT2D eigenvalue weighted by Gasteiger charge is 2.17. The summed E-state index contributed by atoms with van der Waals surface area (Å²) in [6, 6.07) is 8.00. The van der Waals surface area contributed by atoms with Gasteiger partial charge in [0.2, 0.25) is 0 Å². The van der Waals surface area contributed by atoms with Gasteiger partial charge in [-0.25, -0.2) is 0 Å². The average Bonchev–Trinajstić information content (AvgIpc) is 2.54. The smallest absolute Gasteiger partial charge is 0.251 e. The topological polar surface area (TPSA) is 41.6 Å². The van der Waals surface area contributed by atoms with Crippen LogP contribution in [0.3, 0.4) is 0 Å². The minimum atomic E-state index is -0.00487. The Bertz CT molecular complexity index is 459. The van der Waals surface area contributed by atoms with Crippen molar-refractivity contribution in [3.05, 3.63) is 29.8 Å². The molecule has 1 N–H and O–H groups in total. The number of nitrogens with one attached hydrogen (secondary N) is 1. The molecule has 1 saturated heterocycles. The quantitative estimate of drug-likeness (QED) is 0.787. The molecule has 0 radical (unpaired) electrons. The molecule has 0 aromatic heterocycles. The fourth-order valence-corrected chi connectivity index (χ4v) is 2.95. The van der Waals surface area contributed by atoms with Gasteiger partial charge in [-0.3, -0.25) is 4.79 Å². The first-order chi connectivity index (χ1) is 10.7. The van der Waals surface area contributed by atoms with Crippen molar-refractivity contribution in [3.63, 3.8) is 0 Å². The van der Waals surface area contributed by atoms with Gasteiger partial charge < -0.3 is 15.0 Å². The number of carbonyl (C=O) groups is 1. The summed E-state index contributed by atoms with van der Waals surface area (Å²) in [5.41, 5.74) is 0.690.